The quantitative estimate of drug-likeness (QED) is 0.877. The van der Waals surface area contributed by atoms with Crippen LogP contribution < -0.4 is 10.6 Å². The van der Waals surface area contributed by atoms with Crippen LogP contribution in [0.2, 0.25) is 0 Å². The molecule has 0 saturated carbocycles. The van der Waals surface area contributed by atoms with Crippen molar-refractivity contribution in [2.75, 3.05) is 18.0 Å². The van der Waals surface area contributed by atoms with Gasteiger partial charge >= 0.3 is 0 Å². The minimum absolute atomic E-state index is 0.173. The molecule has 1 aromatic carbocycles. The monoisotopic (exact) mass is 246 g/mol. The summed E-state index contributed by atoms with van der Waals surface area (Å²) >= 11 is 0. The van der Waals surface area contributed by atoms with Crippen molar-refractivity contribution in [1.29, 1.82) is 0 Å². The third-order valence-electron chi connectivity index (χ3n) is 3.97. The van der Waals surface area contributed by atoms with Gasteiger partial charge in [0.15, 0.2) is 0 Å². The van der Waals surface area contributed by atoms with Crippen LogP contribution in [-0.2, 0) is 0 Å². The Kier molecular flexibility index (Phi) is 5.06. The molecular weight excluding hydrogens is 220 g/mol. The Bertz CT molecular complexity index is 354. The fraction of sp³-hybridized carbons (Fsp3) is 0.625. The first kappa shape index (κ1) is 13.4. The number of anilines is 1. The van der Waals surface area contributed by atoms with Gasteiger partial charge in [-0.2, -0.15) is 0 Å². The topological polar surface area (TPSA) is 29.3 Å². The van der Waals surface area contributed by atoms with E-state index in [-0.39, 0.29) is 6.04 Å². The summed E-state index contributed by atoms with van der Waals surface area (Å²) in [5, 5.41) is 0. The number of hydrogen-bond acceptors (Lipinski definition) is 2. The standard InChI is InChI=1S/C16H26N2/c1-2-15(17)14-10-6-7-11-16(14)18-12-8-4-3-5-9-13-18/h6-7,10-11,15H,2-5,8-9,12-13,17H2,1H3/t15-/m0/s1. The first-order valence-corrected chi connectivity index (χ1v) is 7.42. The van der Waals surface area contributed by atoms with Crippen molar-refractivity contribution in [3.8, 4) is 0 Å². The van der Waals surface area contributed by atoms with Crippen LogP contribution >= 0.6 is 0 Å². The zero-order valence-corrected chi connectivity index (χ0v) is 11.6. The van der Waals surface area contributed by atoms with E-state index in [1.54, 1.807) is 0 Å². The van der Waals surface area contributed by atoms with Crippen molar-refractivity contribution in [1.82, 2.24) is 0 Å². The van der Waals surface area contributed by atoms with E-state index in [9.17, 15) is 0 Å². The highest BCUT2D eigenvalue weighted by molar-refractivity contribution is 5.55. The van der Waals surface area contributed by atoms with Crippen LogP contribution in [0.4, 0.5) is 5.69 Å². The van der Waals surface area contributed by atoms with Crippen LogP contribution in [0.3, 0.4) is 0 Å². The summed E-state index contributed by atoms with van der Waals surface area (Å²) in [6.45, 7) is 4.54. The summed E-state index contributed by atoms with van der Waals surface area (Å²) in [5.74, 6) is 0. The number of benzene rings is 1. The molecule has 2 nitrogen and oxygen atoms in total. The van der Waals surface area contributed by atoms with Crippen molar-refractivity contribution in [2.45, 2.75) is 51.5 Å². The van der Waals surface area contributed by atoms with Crippen molar-refractivity contribution < 1.29 is 0 Å². The second kappa shape index (κ2) is 6.79. The highest BCUT2D eigenvalue weighted by Crippen LogP contribution is 2.28. The average molecular weight is 246 g/mol. The number of nitrogens with zero attached hydrogens (tertiary/aromatic N) is 1. The van der Waals surface area contributed by atoms with E-state index >= 15 is 0 Å². The third-order valence-corrected chi connectivity index (χ3v) is 3.97. The Morgan fingerprint density at radius 2 is 1.67 bits per heavy atom. The average Bonchev–Trinajstić information content (AvgIpc) is 2.38. The van der Waals surface area contributed by atoms with E-state index in [4.69, 9.17) is 5.73 Å². The lowest BCUT2D eigenvalue weighted by molar-refractivity contribution is 0.553. The lowest BCUT2D eigenvalue weighted by atomic mass is 10.0. The molecule has 2 heteroatoms. The molecule has 1 heterocycles. The van der Waals surface area contributed by atoms with Crippen LogP contribution in [-0.4, -0.2) is 13.1 Å². The van der Waals surface area contributed by atoms with Gasteiger partial charge in [-0.15, -0.1) is 0 Å². The smallest absolute Gasteiger partial charge is 0.0414 e. The van der Waals surface area contributed by atoms with Crippen LogP contribution in [0.25, 0.3) is 0 Å². The van der Waals surface area contributed by atoms with E-state index in [2.05, 4.69) is 36.1 Å². The summed E-state index contributed by atoms with van der Waals surface area (Å²) in [4.78, 5) is 2.55. The van der Waals surface area contributed by atoms with Crippen molar-refractivity contribution in [3.05, 3.63) is 29.8 Å². The van der Waals surface area contributed by atoms with E-state index in [1.165, 1.54) is 56.4 Å². The van der Waals surface area contributed by atoms with E-state index in [1.807, 2.05) is 0 Å². The molecule has 18 heavy (non-hydrogen) atoms. The van der Waals surface area contributed by atoms with E-state index in [0.29, 0.717) is 0 Å². The molecule has 0 aromatic heterocycles. The van der Waals surface area contributed by atoms with Gasteiger partial charge in [0, 0.05) is 24.8 Å². The second-order valence-electron chi connectivity index (χ2n) is 5.33. The summed E-state index contributed by atoms with van der Waals surface area (Å²) in [7, 11) is 0. The molecule has 0 unspecified atom stereocenters. The van der Waals surface area contributed by atoms with Gasteiger partial charge in [0.25, 0.3) is 0 Å². The minimum Gasteiger partial charge on any atom is -0.371 e. The summed E-state index contributed by atoms with van der Waals surface area (Å²) in [5.41, 5.74) is 8.93. The fourth-order valence-corrected chi connectivity index (χ4v) is 2.80. The lowest BCUT2D eigenvalue weighted by Crippen LogP contribution is -2.29. The largest absolute Gasteiger partial charge is 0.371 e. The molecule has 0 amide bonds. The van der Waals surface area contributed by atoms with E-state index < -0.39 is 0 Å². The summed E-state index contributed by atoms with van der Waals surface area (Å²) < 4.78 is 0. The van der Waals surface area contributed by atoms with Gasteiger partial charge in [0.2, 0.25) is 0 Å². The fourth-order valence-electron chi connectivity index (χ4n) is 2.80. The number of hydrogen-bond donors (Lipinski definition) is 1. The van der Waals surface area contributed by atoms with Crippen molar-refractivity contribution in [2.24, 2.45) is 5.73 Å². The highest BCUT2D eigenvalue weighted by Gasteiger charge is 2.15. The van der Waals surface area contributed by atoms with Gasteiger partial charge in [-0.1, -0.05) is 44.4 Å². The molecule has 0 spiro atoms. The molecule has 2 rings (SSSR count). The molecule has 0 bridgehead atoms. The Balaban J connectivity index is 2.19. The molecule has 1 aromatic rings. The maximum Gasteiger partial charge on any atom is 0.0414 e. The molecule has 1 fully saturated rings. The first-order chi connectivity index (χ1) is 8.83. The molecule has 0 aliphatic carbocycles. The molecule has 1 aliphatic heterocycles. The van der Waals surface area contributed by atoms with Crippen LogP contribution in [0.5, 0.6) is 0 Å². The van der Waals surface area contributed by atoms with Crippen LogP contribution in [0.15, 0.2) is 24.3 Å². The SMILES string of the molecule is CC[C@H](N)c1ccccc1N1CCCCCCC1. The van der Waals surface area contributed by atoms with Gasteiger partial charge in [-0.05, 0) is 30.9 Å². The lowest BCUT2D eigenvalue weighted by Gasteiger charge is -2.30. The molecule has 1 atom stereocenters. The van der Waals surface area contributed by atoms with Gasteiger partial charge in [0.05, 0.1) is 0 Å². The molecular formula is C16H26N2. The molecule has 1 saturated heterocycles. The van der Waals surface area contributed by atoms with Crippen molar-refractivity contribution in [3.63, 3.8) is 0 Å². The molecule has 2 N–H and O–H groups in total. The predicted molar refractivity (Wildman–Crippen MR) is 79.0 cm³/mol. The van der Waals surface area contributed by atoms with Gasteiger partial charge < -0.3 is 10.6 Å². The summed E-state index contributed by atoms with van der Waals surface area (Å²) in [6.07, 6.45) is 7.79. The normalized spacial score (nSPS) is 19.1. The second-order valence-corrected chi connectivity index (χ2v) is 5.33. The van der Waals surface area contributed by atoms with E-state index in [0.717, 1.165) is 6.42 Å². The van der Waals surface area contributed by atoms with Gasteiger partial charge in [0.1, 0.15) is 0 Å². The van der Waals surface area contributed by atoms with Crippen LogP contribution in [0.1, 0.15) is 57.1 Å². The maximum absolute atomic E-state index is 6.25. The van der Waals surface area contributed by atoms with Crippen molar-refractivity contribution >= 4 is 5.69 Å². The van der Waals surface area contributed by atoms with Crippen LogP contribution in [0, 0.1) is 0 Å². The third kappa shape index (κ3) is 3.26. The molecule has 0 radical (unpaired) electrons. The number of nitrogens with two attached hydrogens (primary N) is 1. The zero-order valence-electron chi connectivity index (χ0n) is 11.6. The predicted octanol–water partition coefficient (Wildman–Crippen LogP) is 3.87. The minimum atomic E-state index is 0.173. The Morgan fingerprint density at radius 3 is 2.33 bits per heavy atom. The zero-order chi connectivity index (χ0) is 12.8. The molecule has 1 aliphatic rings. The van der Waals surface area contributed by atoms with Gasteiger partial charge in [-0.25, -0.2) is 0 Å². The summed E-state index contributed by atoms with van der Waals surface area (Å²) in [6, 6.07) is 8.86. The number of para-hydroxylation sites is 1. The number of rotatable bonds is 3. The highest BCUT2D eigenvalue weighted by atomic mass is 15.1. The Morgan fingerprint density at radius 1 is 1.06 bits per heavy atom. The molecule has 100 valence electrons. The first-order valence-electron chi connectivity index (χ1n) is 7.42. The Labute approximate surface area is 111 Å². The maximum atomic E-state index is 6.25. The Hall–Kier alpha value is -1.02. The van der Waals surface area contributed by atoms with Gasteiger partial charge in [-0.3, -0.25) is 0 Å².